The van der Waals surface area contributed by atoms with Gasteiger partial charge in [-0.25, -0.2) is 0 Å². The number of rotatable bonds is 5. The molecule has 0 saturated carbocycles. The van der Waals surface area contributed by atoms with Gasteiger partial charge in [0.2, 0.25) is 0 Å². The zero-order chi connectivity index (χ0) is 7.98. The molecule has 0 heterocycles. The molecule has 0 spiro atoms. The average Bonchev–Trinajstić information content (AvgIpc) is 1.98. The summed E-state index contributed by atoms with van der Waals surface area (Å²) in [5.41, 5.74) is 0. The fourth-order valence-electron chi connectivity index (χ4n) is 0.628. The highest BCUT2D eigenvalue weighted by molar-refractivity contribution is 14.1. The van der Waals surface area contributed by atoms with Gasteiger partial charge in [-0.1, -0.05) is 64.9 Å². The number of hydrogen-bond acceptors (Lipinski definition) is 1. The van der Waals surface area contributed by atoms with E-state index in [4.69, 9.17) is 0 Å². The molecule has 0 N–H and O–H groups in total. The van der Waals surface area contributed by atoms with Gasteiger partial charge >= 0.3 is 0 Å². The molecule has 1 nitrogen and oxygen atoms in total. The molecule has 1 unspecified atom stereocenters. The van der Waals surface area contributed by atoms with Gasteiger partial charge in [-0.05, 0) is 6.42 Å². The summed E-state index contributed by atoms with van der Waals surface area (Å²) in [6.45, 7) is 2.15. The summed E-state index contributed by atoms with van der Waals surface area (Å²) in [4.78, 5) is 11.0. The van der Waals surface area contributed by atoms with Crippen molar-refractivity contribution in [1.29, 1.82) is 0 Å². The Balaban J connectivity index is 3.41. The van der Waals surface area contributed by atoms with Crippen molar-refractivity contribution in [3.8, 4) is 0 Å². The van der Waals surface area contributed by atoms with Crippen LogP contribution in [0.1, 0.15) is 26.2 Å². The van der Waals surface area contributed by atoms with E-state index >= 15 is 0 Å². The summed E-state index contributed by atoms with van der Waals surface area (Å²) in [6, 6.07) is 0. The minimum atomic E-state index is 0.259. The highest BCUT2D eigenvalue weighted by atomic mass is 127. The van der Waals surface area contributed by atoms with Crippen LogP contribution < -0.4 is 0 Å². The van der Waals surface area contributed by atoms with Crippen LogP contribution in [0.25, 0.3) is 0 Å². The molecule has 10 heavy (non-hydrogen) atoms. The van der Waals surface area contributed by atoms with E-state index in [1.807, 2.05) is 0 Å². The first-order chi connectivity index (χ1) is 4.72. The second-order valence-electron chi connectivity index (χ2n) is 2.21. The largest absolute Gasteiger partial charge is 0.298 e. The quantitative estimate of drug-likeness (QED) is 0.540. The average molecular weight is 366 g/mol. The Morgan fingerprint density at radius 3 is 2.60 bits per heavy atom. The Kier molecular flexibility index (Phi) is 7.59. The molecular weight excluding hydrogens is 354 g/mol. The zero-order valence-electron chi connectivity index (χ0n) is 6.07. The predicted octanol–water partition coefficient (Wildman–Crippen LogP) is 2.98. The summed E-state index contributed by atoms with van der Waals surface area (Å²) in [5, 5.41) is 0. The summed E-state index contributed by atoms with van der Waals surface area (Å²) < 4.78 is 0.921. The molecule has 0 bridgehead atoms. The number of ketones is 1. The van der Waals surface area contributed by atoms with E-state index in [-0.39, 0.29) is 3.92 Å². The first kappa shape index (κ1) is 11.1. The topological polar surface area (TPSA) is 17.1 Å². The van der Waals surface area contributed by atoms with Gasteiger partial charge in [0.1, 0.15) is 0 Å². The molecule has 0 aliphatic rings. The molecule has 3 heteroatoms. The van der Waals surface area contributed by atoms with E-state index in [0.29, 0.717) is 10.2 Å². The maximum absolute atomic E-state index is 11.0. The van der Waals surface area contributed by atoms with E-state index in [2.05, 4.69) is 52.1 Å². The second-order valence-corrected chi connectivity index (χ2v) is 4.48. The predicted molar refractivity (Wildman–Crippen MR) is 61.2 cm³/mol. The molecule has 0 fully saturated rings. The van der Waals surface area contributed by atoms with Gasteiger partial charge in [-0.3, -0.25) is 4.79 Å². The fourth-order valence-corrected chi connectivity index (χ4v) is 2.66. The number of unbranched alkanes of at least 4 members (excludes halogenated alkanes) is 1. The number of hydrogen-bond donors (Lipinski definition) is 0. The Hall–Kier alpha value is 1.13. The lowest BCUT2D eigenvalue weighted by Crippen LogP contribution is -2.14. The molecule has 0 saturated heterocycles. The minimum Gasteiger partial charge on any atom is -0.298 e. The van der Waals surface area contributed by atoms with Gasteiger partial charge in [-0.2, -0.15) is 0 Å². The molecule has 0 aromatic rings. The van der Waals surface area contributed by atoms with Gasteiger partial charge in [0.05, 0.1) is 8.35 Å². The third kappa shape index (κ3) is 4.87. The lowest BCUT2D eigenvalue weighted by atomic mass is 10.2. The van der Waals surface area contributed by atoms with Crippen molar-refractivity contribution in [2.75, 3.05) is 4.43 Å². The number of halogens is 2. The first-order valence-electron chi connectivity index (χ1n) is 3.45. The molecule has 0 amide bonds. The van der Waals surface area contributed by atoms with Crippen LogP contribution in [0.2, 0.25) is 0 Å². The van der Waals surface area contributed by atoms with E-state index in [9.17, 15) is 4.79 Å². The fraction of sp³-hybridized carbons (Fsp3) is 0.857. The van der Waals surface area contributed by atoms with Crippen molar-refractivity contribution in [2.24, 2.45) is 0 Å². The van der Waals surface area contributed by atoms with Crippen LogP contribution in [-0.2, 0) is 4.79 Å². The van der Waals surface area contributed by atoms with Crippen LogP contribution in [0, 0.1) is 0 Å². The zero-order valence-corrected chi connectivity index (χ0v) is 10.4. The molecule has 0 aromatic heterocycles. The summed E-state index contributed by atoms with van der Waals surface area (Å²) in [7, 11) is 0. The Bertz CT molecular complexity index is 104. The van der Waals surface area contributed by atoms with Crippen molar-refractivity contribution >= 4 is 51.0 Å². The van der Waals surface area contributed by atoms with Crippen molar-refractivity contribution < 1.29 is 4.79 Å². The third-order valence-electron chi connectivity index (χ3n) is 1.29. The lowest BCUT2D eigenvalue weighted by molar-refractivity contribution is -0.115. The second kappa shape index (κ2) is 6.82. The third-order valence-corrected chi connectivity index (χ3v) is 3.36. The van der Waals surface area contributed by atoms with Crippen LogP contribution in [0.4, 0.5) is 0 Å². The Morgan fingerprint density at radius 1 is 1.60 bits per heavy atom. The van der Waals surface area contributed by atoms with Gasteiger partial charge in [0.15, 0.2) is 5.78 Å². The van der Waals surface area contributed by atoms with Crippen LogP contribution in [0.15, 0.2) is 0 Å². The van der Waals surface area contributed by atoms with Crippen LogP contribution in [-0.4, -0.2) is 14.1 Å². The summed E-state index contributed by atoms with van der Waals surface area (Å²) in [5.74, 6) is 0.384. The van der Waals surface area contributed by atoms with Crippen molar-refractivity contribution in [3.05, 3.63) is 0 Å². The van der Waals surface area contributed by atoms with E-state index in [1.54, 1.807) is 0 Å². The van der Waals surface area contributed by atoms with Gasteiger partial charge in [0.25, 0.3) is 0 Å². The molecular formula is C7H12I2O. The summed E-state index contributed by atoms with van der Waals surface area (Å²) in [6.07, 6.45) is 3.42. The van der Waals surface area contributed by atoms with Gasteiger partial charge < -0.3 is 0 Å². The van der Waals surface area contributed by atoms with Crippen LogP contribution in [0.5, 0.6) is 0 Å². The number of carbonyl (C=O) groups is 1. The first-order valence-corrected chi connectivity index (χ1v) is 6.22. The Labute approximate surface area is 89.6 Å². The molecule has 0 aliphatic heterocycles. The maximum Gasteiger partial charge on any atom is 0.155 e. The highest BCUT2D eigenvalue weighted by Crippen LogP contribution is 2.12. The summed E-state index contributed by atoms with van der Waals surface area (Å²) >= 11 is 4.36. The molecule has 0 rings (SSSR count). The standard InChI is InChI=1S/C7H12I2O/c1-2-3-4-6(9)7(10)5-8/h6H,2-5H2,1H3. The van der Waals surface area contributed by atoms with Crippen molar-refractivity contribution in [2.45, 2.75) is 30.1 Å². The smallest absolute Gasteiger partial charge is 0.155 e. The Morgan fingerprint density at radius 2 is 2.20 bits per heavy atom. The van der Waals surface area contributed by atoms with E-state index in [1.165, 1.54) is 12.8 Å². The molecule has 0 aliphatic carbocycles. The van der Waals surface area contributed by atoms with E-state index in [0.717, 1.165) is 6.42 Å². The van der Waals surface area contributed by atoms with Crippen LogP contribution in [0.3, 0.4) is 0 Å². The SMILES string of the molecule is CCCCC(I)C(=O)CI. The van der Waals surface area contributed by atoms with Gasteiger partial charge in [-0.15, -0.1) is 0 Å². The highest BCUT2D eigenvalue weighted by Gasteiger charge is 2.11. The number of Topliss-reactive ketones (excluding diaryl/α,β-unsaturated/α-hetero) is 1. The lowest BCUT2D eigenvalue weighted by Gasteiger charge is -2.03. The van der Waals surface area contributed by atoms with Crippen molar-refractivity contribution in [1.82, 2.24) is 0 Å². The minimum absolute atomic E-state index is 0.259. The normalized spacial score (nSPS) is 13.1. The molecule has 0 radical (unpaired) electrons. The maximum atomic E-state index is 11.0. The van der Waals surface area contributed by atoms with Crippen molar-refractivity contribution in [3.63, 3.8) is 0 Å². The number of alkyl halides is 2. The van der Waals surface area contributed by atoms with Gasteiger partial charge in [0, 0.05) is 0 Å². The number of carbonyl (C=O) groups excluding carboxylic acids is 1. The van der Waals surface area contributed by atoms with Crippen LogP contribution >= 0.6 is 45.2 Å². The van der Waals surface area contributed by atoms with E-state index < -0.39 is 0 Å². The monoisotopic (exact) mass is 366 g/mol. The molecule has 0 aromatic carbocycles. The molecule has 1 atom stereocenters. The molecule has 60 valence electrons.